The quantitative estimate of drug-likeness (QED) is 0.187. The summed E-state index contributed by atoms with van der Waals surface area (Å²) in [4.78, 5) is 17.9. The number of benzene rings is 6. The van der Waals surface area contributed by atoms with E-state index in [0.29, 0.717) is 17.5 Å². The fourth-order valence-electron chi connectivity index (χ4n) is 7.69. The molecule has 1 aliphatic carbocycles. The third kappa shape index (κ3) is 4.59. The molecule has 2 atom stereocenters. The molecule has 8 aromatic rings. The van der Waals surface area contributed by atoms with Crippen molar-refractivity contribution in [2.24, 2.45) is 0 Å². The highest BCUT2D eigenvalue weighted by Crippen LogP contribution is 2.54. The van der Waals surface area contributed by atoms with E-state index >= 15 is 0 Å². The average molecular weight is 643 g/mol. The Bertz CT molecular complexity index is 2560. The second kappa shape index (κ2) is 11.5. The maximum atomic E-state index is 6.63. The smallest absolute Gasteiger partial charge is 0.164 e. The average Bonchev–Trinajstić information content (AvgIpc) is 3.74. The van der Waals surface area contributed by atoms with Gasteiger partial charge in [-0.05, 0) is 53.1 Å². The van der Waals surface area contributed by atoms with Crippen LogP contribution in [0.15, 0.2) is 168 Å². The monoisotopic (exact) mass is 642 g/mol. The molecule has 5 nitrogen and oxygen atoms in total. The Balaban J connectivity index is 1.18. The van der Waals surface area contributed by atoms with Crippen molar-refractivity contribution in [1.82, 2.24) is 15.0 Å². The Hall–Kier alpha value is -6.59. The highest BCUT2D eigenvalue weighted by atomic mass is 16.3. The molecular formula is C45H30N4O. The van der Waals surface area contributed by atoms with Crippen LogP contribution in [-0.2, 0) is 0 Å². The van der Waals surface area contributed by atoms with Gasteiger partial charge in [-0.1, -0.05) is 133 Å². The van der Waals surface area contributed by atoms with Gasteiger partial charge in [0.25, 0.3) is 0 Å². The lowest BCUT2D eigenvalue weighted by Crippen LogP contribution is -2.30. The number of rotatable bonds is 5. The van der Waals surface area contributed by atoms with E-state index < -0.39 is 0 Å². The molecule has 5 heteroatoms. The number of aromatic nitrogens is 3. The molecule has 0 bridgehead atoms. The third-order valence-corrected chi connectivity index (χ3v) is 9.88. The topological polar surface area (TPSA) is 55.1 Å². The Kier molecular flexibility index (Phi) is 6.56. The largest absolute Gasteiger partial charge is 0.456 e. The third-order valence-electron chi connectivity index (χ3n) is 9.88. The summed E-state index contributed by atoms with van der Waals surface area (Å²) in [6.07, 6.45) is 4.43. The predicted molar refractivity (Wildman–Crippen MR) is 201 cm³/mol. The summed E-state index contributed by atoms with van der Waals surface area (Å²) in [5.74, 6) is 2.81. The predicted octanol–water partition coefficient (Wildman–Crippen LogP) is 11.0. The highest BCUT2D eigenvalue weighted by molar-refractivity contribution is 5.99. The van der Waals surface area contributed by atoms with E-state index in [4.69, 9.17) is 19.4 Å². The summed E-state index contributed by atoms with van der Waals surface area (Å²) in [5, 5.41) is 1.04. The van der Waals surface area contributed by atoms with E-state index in [1.165, 1.54) is 22.5 Å². The van der Waals surface area contributed by atoms with Gasteiger partial charge in [0.15, 0.2) is 17.5 Å². The number of anilines is 2. The SMILES string of the molecule is C1=CC2C(c3ccccc3N2c2ccccc2)c2c1oc1cccc(-c3nc(-c4ccccc4)nc(-c4cccc(-c5ccccc5)c4)n3)c21. The summed E-state index contributed by atoms with van der Waals surface area (Å²) >= 11 is 0. The van der Waals surface area contributed by atoms with E-state index in [1.807, 2.05) is 42.5 Å². The highest BCUT2D eigenvalue weighted by Gasteiger charge is 2.43. The van der Waals surface area contributed by atoms with E-state index in [0.717, 1.165) is 44.5 Å². The van der Waals surface area contributed by atoms with Gasteiger partial charge < -0.3 is 9.32 Å². The summed E-state index contributed by atoms with van der Waals surface area (Å²) in [6, 6.07) is 54.7. The molecular weight excluding hydrogens is 613 g/mol. The van der Waals surface area contributed by atoms with Gasteiger partial charge in [-0.15, -0.1) is 0 Å². The number of para-hydroxylation sites is 2. The van der Waals surface area contributed by atoms with E-state index in [-0.39, 0.29) is 12.0 Å². The van der Waals surface area contributed by atoms with Crippen LogP contribution < -0.4 is 4.90 Å². The van der Waals surface area contributed by atoms with Crippen molar-refractivity contribution in [2.45, 2.75) is 12.0 Å². The van der Waals surface area contributed by atoms with E-state index in [2.05, 4.69) is 132 Å². The molecule has 2 unspecified atom stereocenters. The Morgan fingerprint density at radius 3 is 1.94 bits per heavy atom. The summed E-state index contributed by atoms with van der Waals surface area (Å²) in [5.41, 5.74) is 10.7. The molecule has 0 N–H and O–H groups in total. The molecule has 3 heterocycles. The lowest BCUT2D eigenvalue weighted by molar-refractivity contribution is 0.584. The zero-order chi connectivity index (χ0) is 33.0. The number of hydrogen-bond donors (Lipinski definition) is 0. The molecule has 0 amide bonds. The van der Waals surface area contributed by atoms with Gasteiger partial charge in [0.2, 0.25) is 0 Å². The molecule has 0 saturated heterocycles. The minimum atomic E-state index is 0.0614. The molecule has 0 radical (unpaired) electrons. The van der Waals surface area contributed by atoms with Crippen LogP contribution >= 0.6 is 0 Å². The second-order valence-corrected chi connectivity index (χ2v) is 12.8. The first-order valence-electron chi connectivity index (χ1n) is 16.9. The summed E-state index contributed by atoms with van der Waals surface area (Å²) in [7, 11) is 0. The van der Waals surface area contributed by atoms with Crippen molar-refractivity contribution < 1.29 is 4.42 Å². The Morgan fingerprint density at radius 1 is 0.520 bits per heavy atom. The van der Waals surface area contributed by atoms with Crippen molar-refractivity contribution in [3.63, 3.8) is 0 Å². The van der Waals surface area contributed by atoms with Crippen molar-refractivity contribution in [2.75, 3.05) is 4.90 Å². The fraction of sp³-hybridized carbons (Fsp3) is 0.0444. The lowest BCUT2D eigenvalue weighted by atomic mass is 9.82. The molecule has 2 aliphatic rings. The second-order valence-electron chi connectivity index (χ2n) is 12.8. The van der Waals surface area contributed by atoms with Crippen molar-refractivity contribution in [3.8, 4) is 45.3 Å². The molecule has 1 aliphatic heterocycles. The van der Waals surface area contributed by atoms with Crippen LogP contribution in [0.3, 0.4) is 0 Å². The maximum Gasteiger partial charge on any atom is 0.164 e. The Labute approximate surface area is 289 Å². The first kappa shape index (κ1) is 28.4. The van der Waals surface area contributed by atoms with E-state index in [9.17, 15) is 0 Å². The molecule has 0 spiro atoms. The first-order chi connectivity index (χ1) is 24.8. The van der Waals surface area contributed by atoms with Crippen LogP contribution in [-0.4, -0.2) is 21.0 Å². The molecule has 0 saturated carbocycles. The number of furan rings is 1. The van der Waals surface area contributed by atoms with Gasteiger partial charge in [0, 0.05) is 44.9 Å². The van der Waals surface area contributed by atoms with Gasteiger partial charge in [0.05, 0.1) is 6.04 Å². The van der Waals surface area contributed by atoms with Gasteiger partial charge in [-0.3, -0.25) is 0 Å². The van der Waals surface area contributed by atoms with Crippen LogP contribution in [0, 0.1) is 0 Å². The lowest BCUT2D eigenvalue weighted by Gasteiger charge is -2.30. The van der Waals surface area contributed by atoms with Crippen LogP contribution in [0.2, 0.25) is 0 Å². The van der Waals surface area contributed by atoms with E-state index in [1.54, 1.807) is 0 Å². The van der Waals surface area contributed by atoms with Gasteiger partial charge in [-0.25, -0.2) is 15.0 Å². The molecule has 6 aromatic carbocycles. The number of hydrogen-bond acceptors (Lipinski definition) is 5. The Morgan fingerprint density at radius 2 is 1.14 bits per heavy atom. The van der Waals surface area contributed by atoms with Gasteiger partial charge in [-0.2, -0.15) is 0 Å². The molecule has 50 heavy (non-hydrogen) atoms. The number of nitrogens with zero attached hydrogens (tertiary/aromatic N) is 4. The minimum absolute atomic E-state index is 0.0614. The summed E-state index contributed by atoms with van der Waals surface area (Å²) < 4.78 is 6.63. The first-order valence-corrected chi connectivity index (χ1v) is 16.9. The zero-order valence-electron chi connectivity index (χ0n) is 27.0. The fourth-order valence-corrected chi connectivity index (χ4v) is 7.69. The molecule has 236 valence electrons. The van der Waals surface area contributed by atoms with Crippen molar-refractivity contribution in [3.05, 3.63) is 181 Å². The van der Waals surface area contributed by atoms with Crippen molar-refractivity contribution >= 4 is 28.4 Å². The van der Waals surface area contributed by atoms with Crippen LogP contribution in [0.1, 0.15) is 22.8 Å². The van der Waals surface area contributed by atoms with Crippen LogP contribution in [0.4, 0.5) is 11.4 Å². The normalized spacial score (nSPS) is 15.9. The minimum Gasteiger partial charge on any atom is -0.456 e. The van der Waals surface area contributed by atoms with Crippen LogP contribution in [0.25, 0.3) is 62.3 Å². The van der Waals surface area contributed by atoms with Gasteiger partial charge >= 0.3 is 0 Å². The maximum absolute atomic E-state index is 6.63. The van der Waals surface area contributed by atoms with Crippen LogP contribution in [0.5, 0.6) is 0 Å². The zero-order valence-corrected chi connectivity index (χ0v) is 27.0. The molecule has 2 aromatic heterocycles. The number of fused-ring (bicyclic) bond motifs is 7. The molecule has 10 rings (SSSR count). The van der Waals surface area contributed by atoms with Crippen molar-refractivity contribution in [1.29, 1.82) is 0 Å². The van der Waals surface area contributed by atoms with Gasteiger partial charge in [0.1, 0.15) is 11.3 Å². The molecule has 0 fully saturated rings. The summed E-state index contributed by atoms with van der Waals surface area (Å²) in [6.45, 7) is 0. The standard InChI is InChI=1S/C45H30N4O/c1-4-14-29(15-5-1)31-18-12-19-32(28-31)44-46-43(30-16-6-2-7-17-30)47-45(48-44)35-23-13-25-38-41(35)42-39(50-38)27-26-37-40(42)34-22-10-11-24-36(34)49(37)33-20-8-3-9-21-33/h1-28,37,40H.